The van der Waals surface area contributed by atoms with E-state index >= 15 is 0 Å². The van der Waals surface area contributed by atoms with Crippen molar-refractivity contribution in [3.8, 4) is 0 Å². The van der Waals surface area contributed by atoms with Crippen molar-refractivity contribution >= 4 is 5.91 Å². The minimum atomic E-state index is -1.28. The molecule has 94 valence electrons. The predicted octanol–water partition coefficient (Wildman–Crippen LogP) is 0.0684. The molecule has 1 unspecified atom stereocenters. The molecule has 0 radical (unpaired) electrons. The fourth-order valence-electron chi connectivity index (χ4n) is 1.77. The van der Waals surface area contributed by atoms with E-state index in [0.29, 0.717) is 13.1 Å². The number of hydrogen-bond donors (Lipinski definition) is 1. The Morgan fingerprint density at radius 3 is 2.65 bits per heavy atom. The molecule has 1 aliphatic heterocycles. The van der Waals surface area contributed by atoms with Crippen LogP contribution in [0.15, 0.2) is 12.4 Å². The first-order valence-electron chi connectivity index (χ1n) is 5.80. The third-order valence-electron chi connectivity index (χ3n) is 3.52. The molecule has 1 aromatic rings. The van der Waals surface area contributed by atoms with Crippen molar-refractivity contribution in [2.75, 3.05) is 13.1 Å². The summed E-state index contributed by atoms with van der Waals surface area (Å²) in [6, 6.07) is 0.185. The van der Waals surface area contributed by atoms with Gasteiger partial charge < -0.3 is 10.0 Å². The molecule has 17 heavy (non-hydrogen) atoms. The molecular formula is C11H18N4O2. The van der Waals surface area contributed by atoms with Crippen molar-refractivity contribution in [2.24, 2.45) is 5.92 Å². The Labute approximate surface area is 100 Å². The van der Waals surface area contributed by atoms with E-state index in [1.807, 2.05) is 13.8 Å². The number of nitrogens with zero attached hydrogens (tertiary/aromatic N) is 4. The van der Waals surface area contributed by atoms with Gasteiger partial charge in [-0.1, -0.05) is 19.1 Å². The molecule has 0 saturated carbocycles. The zero-order chi connectivity index (χ0) is 12.6. The molecule has 6 nitrogen and oxygen atoms in total. The smallest absolute Gasteiger partial charge is 0.254 e. The summed E-state index contributed by atoms with van der Waals surface area (Å²) in [5.41, 5.74) is -1.28. The van der Waals surface area contributed by atoms with Crippen LogP contribution in [0, 0.1) is 5.92 Å². The molecule has 1 atom stereocenters. The highest BCUT2D eigenvalue weighted by Crippen LogP contribution is 2.26. The second kappa shape index (κ2) is 4.10. The Kier molecular flexibility index (Phi) is 2.91. The van der Waals surface area contributed by atoms with E-state index in [1.54, 1.807) is 28.9 Å². The Morgan fingerprint density at radius 2 is 2.18 bits per heavy atom. The van der Waals surface area contributed by atoms with E-state index in [1.165, 1.54) is 0 Å². The molecule has 1 fully saturated rings. The summed E-state index contributed by atoms with van der Waals surface area (Å²) in [6.45, 7) is 6.43. The van der Waals surface area contributed by atoms with Gasteiger partial charge in [0.15, 0.2) is 0 Å². The van der Waals surface area contributed by atoms with Gasteiger partial charge in [-0.25, -0.2) is 4.68 Å². The fourth-order valence-corrected chi connectivity index (χ4v) is 1.77. The molecule has 2 rings (SSSR count). The van der Waals surface area contributed by atoms with Crippen LogP contribution in [0.1, 0.15) is 26.8 Å². The van der Waals surface area contributed by atoms with Crippen LogP contribution >= 0.6 is 0 Å². The summed E-state index contributed by atoms with van der Waals surface area (Å²) in [7, 11) is 0. The Bertz CT molecular complexity index is 394. The molecule has 0 aromatic carbocycles. The molecule has 6 heteroatoms. The lowest BCUT2D eigenvalue weighted by molar-refractivity contribution is -0.160. The SMILES string of the molecule is CC(C)C(C)(O)C(=O)N1CC(n2ccnn2)C1. The van der Waals surface area contributed by atoms with Gasteiger partial charge >= 0.3 is 0 Å². The third kappa shape index (κ3) is 2.04. The van der Waals surface area contributed by atoms with Crippen molar-refractivity contribution in [3.05, 3.63) is 12.4 Å². The maximum atomic E-state index is 12.0. The van der Waals surface area contributed by atoms with Gasteiger partial charge in [0.05, 0.1) is 12.2 Å². The standard InChI is InChI=1S/C11H18N4O2/c1-8(2)11(3,17)10(16)14-6-9(7-14)15-5-4-12-13-15/h4-5,8-9,17H,6-7H2,1-3H3. The number of carbonyl (C=O) groups excluding carboxylic acids is 1. The zero-order valence-electron chi connectivity index (χ0n) is 10.4. The first-order valence-corrected chi connectivity index (χ1v) is 5.80. The minimum absolute atomic E-state index is 0.0968. The van der Waals surface area contributed by atoms with Crippen molar-refractivity contribution < 1.29 is 9.90 Å². The van der Waals surface area contributed by atoms with Crippen LogP contribution in [0.3, 0.4) is 0 Å². The molecule has 0 bridgehead atoms. The van der Waals surface area contributed by atoms with Crippen LogP contribution in [-0.2, 0) is 4.79 Å². The number of hydrogen-bond acceptors (Lipinski definition) is 4. The number of likely N-dealkylation sites (tertiary alicyclic amines) is 1. The van der Waals surface area contributed by atoms with Crippen molar-refractivity contribution in [2.45, 2.75) is 32.4 Å². The number of aromatic nitrogens is 3. The first-order chi connectivity index (χ1) is 7.93. The lowest BCUT2D eigenvalue weighted by Crippen LogP contribution is -2.59. The van der Waals surface area contributed by atoms with Gasteiger partial charge in [-0.05, 0) is 12.8 Å². The molecule has 2 heterocycles. The molecular weight excluding hydrogens is 220 g/mol. The van der Waals surface area contributed by atoms with Crippen molar-refractivity contribution in [3.63, 3.8) is 0 Å². The molecule has 0 aliphatic carbocycles. The van der Waals surface area contributed by atoms with Crippen molar-refractivity contribution in [1.82, 2.24) is 19.9 Å². The van der Waals surface area contributed by atoms with Gasteiger partial charge in [-0.3, -0.25) is 4.79 Å². The van der Waals surface area contributed by atoms with Gasteiger partial charge in [-0.2, -0.15) is 0 Å². The summed E-state index contributed by atoms with van der Waals surface area (Å²) in [5, 5.41) is 17.7. The van der Waals surface area contributed by atoms with Crippen molar-refractivity contribution in [1.29, 1.82) is 0 Å². The van der Waals surface area contributed by atoms with E-state index in [0.717, 1.165) is 0 Å². The van der Waals surface area contributed by atoms with Crippen LogP contribution < -0.4 is 0 Å². The van der Waals surface area contributed by atoms with E-state index in [2.05, 4.69) is 10.3 Å². The maximum Gasteiger partial charge on any atom is 0.254 e. The van der Waals surface area contributed by atoms with E-state index in [9.17, 15) is 9.90 Å². The number of aliphatic hydroxyl groups is 1. The largest absolute Gasteiger partial charge is 0.380 e. The van der Waals surface area contributed by atoms with Crippen LogP contribution in [0.2, 0.25) is 0 Å². The highest BCUT2D eigenvalue weighted by molar-refractivity contribution is 5.85. The summed E-state index contributed by atoms with van der Waals surface area (Å²) in [4.78, 5) is 13.7. The van der Waals surface area contributed by atoms with E-state index in [-0.39, 0.29) is 17.9 Å². The topological polar surface area (TPSA) is 71.2 Å². The zero-order valence-corrected chi connectivity index (χ0v) is 10.4. The van der Waals surface area contributed by atoms with Gasteiger partial charge in [0.25, 0.3) is 5.91 Å². The van der Waals surface area contributed by atoms with Crippen LogP contribution in [-0.4, -0.2) is 49.6 Å². The number of carbonyl (C=O) groups is 1. The first kappa shape index (κ1) is 12.0. The fraction of sp³-hybridized carbons (Fsp3) is 0.727. The van der Waals surface area contributed by atoms with Gasteiger partial charge in [0.1, 0.15) is 5.60 Å². The molecule has 1 saturated heterocycles. The summed E-state index contributed by atoms with van der Waals surface area (Å²) in [5.74, 6) is -0.302. The molecule has 1 aromatic heterocycles. The molecule has 1 amide bonds. The second-order valence-electron chi connectivity index (χ2n) is 5.05. The van der Waals surface area contributed by atoms with E-state index in [4.69, 9.17) is 0 Å². The quantitative estimate of drug-likeness (QED) is 0.809. The lowest BCUT2D eigenvalue weighted by atomic mass is 9.89. The average molecular weight is 238 g/mol. The molecule has 1 aliphatic rings. The van der Waals surface area contributed by atoms with E-state index < -0.39 is 5.60 Å². The maximum absolute atomic E-state index is 12.0. The highest BCUT2D eigenvalue weighted by atomic mass is 16.3. The highest BCUT2D eigenvalue weighted by Gasteiger charge is 2.42. The van der Waals surface area contributed by atoms with Crippen LogP contribution in [0.5, 0.6) is 0 Å². The number of amides is 1. The Balaban J connectivity index is 1.94. The van der Waals surface area contributed by atoms with Gasteiger partial charge in [-0.15, -0.1) is 5.10 Å². The minimum Gasteiger partial charge on any atom is -0.380 e. The lowest BCUT2D eigenvalue weighted by Gasteiger charge is -2.43. The normalized spacial score (nSPS) is 20.2. The molecule has 1 N–H and O–H groups in total. The van der Waals surface area contributed by atoms with Crippen LogP contribution in [0.25, 0.3) is 0 Å². The summed E-state index contributed by atoms with van der Waals surface area (Å²) < 4.78 is 1.74. The predicted molar refractivity (Wildman–Crippen MR) is 61.1 cm³/mol. The Hall–Kier alpha value is -1.43. The number of rotatable bonds is 3. The summed E-state index contributed by atoms with van der Waals surface area (Å²) in [6.07, 6.45) is 3.40. The third-order valence-corrected chi connectivity index (χ3v) is 3.52. The summed E-state index contributed by atoms with van der Waals surface area (Å²) >= 11 is 0. The second-order valence-corrected chi connectivity index (χ2v) is 5.05. The van der Waals surface area contributed by atoms with Crippen LogP contribution in [0.4, 0.5) is 0 Å². The Morgan fingerprint density at radius 1 is 1.53 bits per heavy atom. The monoisotopic (exact) mass is 238 g/mol. The molecule has 0 spiro atoms. The average Bonchev–Trinajstić information content (AvgIpc) is 2.68. The van der Waals surface area contributed by atoms with Gasteiger partial charge in [0.2, 0.25) is 0 Å². The van der Waals surface area contributed by atoms with Gasteiger partial charge in [0, 0.05) is 19.3 Å².